The van der Waals surface area contributed by atoms with E-state index in [2.05, 4.69) is 21.9 Å². The predicted molar refractivity (Wildman–Crippen MR) is 76.1 cm³/mol. The van der Waals surface area contributed by atoms with E-state index in [1.54, 1.807) is 6.33 Å². The monoisotopic (exact) mass is 262 g/mol. The highest BCUT2D eigenvalue weighted by atomic mass is 16.1. The first-order valence-electron chi connectivity index (χ1n) is 7.21. The van der Waals surface area contributed by atoms with Crippen LogP contribution in [0.3, 0.4) is 0 Å². The van der Waals surface area contributed by atoms with Crippen LogP contribution in [-0.2, 0) is 6.54 Å². The first-order chi connectivity index (χ1) is 9.33. The molecule has 0 saturated heterocycles. The molecular weight excluding hydrogens is 240 g/mol. The highest BCUT2D eigenvalue weighted by molar-refractivity contribution is 5.68. The molecule has 0 atom stereocenters. The highest BCUT2D eigenvalue weighted by Gasteiger charge is 2.05. The third kappa shape index (κ3) is 3.66. The molecule has 0 saturated carbocycles. The van der Waals surface area contributed by atoms with Crippen molar-refractivity contribution in [3.8, 4) is 0 Å². The zero-order chi connectivity index (χ0) is 13.5. The molecule has 0 unspecified atom stereocenters. The number of aromatic amines is 1. The maximum atomic E-state index is 11.5. The van der Waals surface area contributed by atoms with Crippen LogP contribution in [0, 0.1) is 0 Å². The van der Waals surface area contributed by atoms with Crippen molar-refractivity contribution >= 4 is 11.2 Å². The van der Waals surface area contributed by atoms with Crippen LogP contribution < -0.4 is 5.56 Å². The number of unbranched alkanes of at least 4 members (excludes halogenated alkanes) is 6. The lowest BCUT2D eigenvalue weighted by atomic mass is 10.1. The number of nitrogens with zero attached hydrogens (tertiary/aromatic N) is 3. The van der Waals surface area contributed by atoms with Crippen molar-refractivity contribution in [2.45, 2.75) is 58.4 Å². The standard InChI is InChI=1S/C14H22N4O/c1-2-3-4-5-6-7-8-9-18-11-17-12-13(18)15-10-16-14(12)19/h10-11H,2-9H2,1H3,(H,15,16,19). The maximum Gasteiger partial charge on any atom is 0.300 e. The first kappa shape index (κ1) is 13.8. The minimum Gasteiger partial charge on any atom is -0.330 e. The van der Waals surface area contributed by atoms with E-state index in [0.29, 0.717) is 5.52 Å². The first-order valence-corrected chi connectivity index (χ1v) is 7.21. The van der Waals surface area contributed by atoms with Gasteiger partial charge in [0.25, 0.3) is 0 Å². The summed E-state index contributed by atoms with van der Waals surface area (Å²) in [5.74, 6) is 0. The Hall–Kier alpha value is -1.65. The number of imidazole rings is 1. The molecule has 0 aliphatic carbocycles. The molecule has 0 aliphatic heterocycles. The van der Waals surface area contributed by atoms with Gasteiger partial charge in [-0.05, 0) is 6.42 Å². The van der Waals surface area contributed by atoms with Crippen molar-refractivity contribution in [2.24, 2.45) is 0 Å². The minimum absolute atomic E-state index is 0.257. The van der Waals surface area contributed by atoms with Crippen molar-refractivity contribution in [1.82, 2.24) is 19.5 Å². The molecule has 2 rings (SSSR count). The molecule has 5 heteroatoms. The molecule has 1 N–H and O–H groups in total. The summed E-state index contributed by atoms with van der Waals surface area (Å²) < 4.78 is 2.00. The summed E-state index contributed by atoms with van der Waals surface area (Å²) in [6.45, 7) is 3.14. The van der Waals surface area contributed by atoms with Gasteiger partial charge in [-0.15, -0.1) is 0 Å². The molecule has 0 fully saturated rings. The third-order valence-corrected chi connectivity index (χ3v) is 3.43. The minimum atomic E-state index is -0.257. The lowest BCUT2D eigenvalue weighted by molar-refractivity contribution is 0.554. The van der Waals surface area contributed by atoms with Crippen molar-refractivity contribution in [2.75, 3.05) is 0 Å². The Labute approximate surface area is 113 Å². The number of hydrogen-bond donors (Lipinski definition) is 1. The van der Waals surface area contributed by atoms with Crippen LogP contribution in [0.25, 0.3) is 11.2 Å². The van der Waals surface area contributed by atoms with Crippen molar-refractivity contribution < 1.29 is 0 Å². The van der Waals surface area contributed by atoms with E-state index < -0.39 is 0 Å². The Morgan fingerprint density at radius 3 is 2.63 bits per heavy atom. The van der Waals surface area contributed by atoms with Crippen molar-refractivity contribution in [3.05, 3.63) is 23.0 Å². The van der Waals surface area contributed by atoms with Gasteiger partial charge in [0.2, 0.25) is 0 Å². The van der Waals surface area contributed by atoms with E-state index in [9.17, 15) is 4.79 Å². The van der Waals surface area contributed by atoms with E-state index in [1.807, 2.05) is 4.57 Å². The zero-order valence-corrected chi connectivity index (χ0v) is 11.6. The molecule has 0 aromatic carbocycles. The third-order valence-electron chi connectivity index (χ3n) is 3.43. The Morgan fingerprint density at radius 2 is 1.84 bits per heavy atom. The lowest BCUT2D eigenvalue weighted by Gasteiger charge is -2.04. The Kier molecular flexibility index (Phi) is 5.12. The van der Waals surface area contributed by atoms with Gasteiger partial charge in [-0.3, -0.25) is 4.79 Å². The summed E-state index contributed by atoms with van der Waals surface area (Å²) in [6, 6.07) is 0. The van der Waals surface area contributed by atoms with E-state index in [4.69, 9.17) is 0 Å². The molecule has 0 spiro atoms. The average molecular weight is 262 g/mol. The summed E-state index contributed by atoms with van der Waals surface area (Å²) >= 11 is 0. The van der Waals surface area contributed by atoms with E-state index in [1.165, 1.54) is 44.9 Å². The number of H-pyrrole nitrogens is 1. The molecule has 2 aromatic rings. The van der Waals surface area contributed by atoms with Crippen molar-refractivity contribution in [3.63, 3.8) is 0 Å². The topological polar surface area (TPSA) is 63.6 Å². The summed E-state index contributed by atoms with van der Waals surface area (Å²) in [5, 5.41) is 0. The second kappa shape index (κ2) is 7.07. The number of rotatable bonds is 8. The Morgan fingerprint density at radius 1 is 1.11 bits per heavy atom. The fraction of sp³-hybridized carbons (Fsp3) is 0.643. The summed E-state index contributed by atoms with van der Waals surface area (Å²) in [5.41, 5.74) is 0.962. The van der Waals surface area contributed by atoms with Crippen LogP contribution >= 0.6 is 0 Å². The maximum absolute atomic E-state index is 11.5. The van der Waals surface area contributed by atoms with Gasteiger partial charge in [-0.25, -0.2) is 4.98 Å². The van der Waals surface area contributed by atoms with Crippen LogP contribution in [0.1, 0.15) is 51.9 Å². The van der Waals surface area contributed by atoms with Gasteiger partial charge in [-0.2, -0.15) is 4.98 Å². The van der Waals surface area contributed by atoms with Crippen molar-refractivity contribution in [1.29, 1.82) is 0 Å². The van der Waals surface area contributed by atoms with Crippen LogP contribution in [0.15, 0.2) is 17.4 Å². The molecule has 0 amide bonds. The average Bonchev–Trinajstić information content (AvgIpc) is 2.83. The molecule has 0 radical (unpaired) electrons. The van der Waals surface area contributed by atoms with Gasteiger partial charge in [-0.1, -0.05) is 45.4 Å². The van der Waals surface area contributed by atoms with Gasteiger partial charge in [0.15, 0.2) is 5.52 Å². The quantitative estimate of drug-likeness (QED) is 0.744. The number of nitrogens with one attached hydrogen (secondary N) is 1. The molecule has 5 nitrogen and oxygen atoms in total. The van der Waals surface area contributed by atoms with Gasteiger partial charge < -0.3 is 9.55 Å². The normalized spacial score (nSPS) is 11.2. The molecule has 19 heavy (non-hydrogen) atoms. The number of aryl methyl sites for hydroxylation is 1. The van der Waals surface area contributed by atoms with Crippen LogP contribution in [0.5, 0.6) is 0 Å². The Balaban J connectivity index is 1.79. The molecule has 0 bridgehead atoms. The fourth-order valence-corrected chi connectivity index (χ4v) is 2.31. The van der Waals surface area contributed by atoms with E-state index in [0.717, 1.165) is 18.6 Å². The second-order valence-corrected chi connectivity index (χ2v) is 4.96. The van der Waals surface area contributed by atoms with Gasteiger partial charge >= 0.3 is 5.56 Å². The second-order valence-electron chi connectivity index (χ2n) is 4.96. The van der Waals surface area contributed by atoms with E-state index in [-0.39, 0.29) is 5.56 Å². The molecular formula is C14H22N4O. The zero-order valence-electron chi connectivity index (χ0n) is 11.6. The largest absolute Gasteiger partial charge is 0.330 e. The molecule has 104 valence electrons. The fourth-order valence-electron chi connectivity index (χ4n) is 2.31. The summed E-state index contributed by atoms with van der Waals surface area (Å²) in [6.07, 6.45) is 12.1. The number of fused-ring (bicyclic) bond motifs is 1. The summed E-state index contributed by atoms with van der Waals surface area (Å²) in [7, 11) is 0. The van der Waals surface area contributed by atoms with E-state index >= 15 is 0 Å². The Bertz CT molecular complexity index is 558. The summed E-state index contributed by atoms with van der Waals surface area (Å²) in [4.78, 5) is 22.2. The number of hydrogen-bond acceptors (Lipinski definition) is 3. The van der Waals surface area contributed by atoms with Crippen LogP contribution in [0.2, 0.25) is 0 Å². The van der Waals surface area contributed by atoms with Gasteiger partial charge in [0.1, 0.15) is 5.65 Å². The number of aromatic nitrogens is 4. The van der Waals surface area contributed by atoms with Crippen LogP contribution in [-0.4, -0.2) is 19.5 Å². The molecule has 0 aliphatic rings. The molecule has 2 aromatic heterocycles. The highest BCUT2D eigenvalue weighted by Crippen LogP contribution is 2.10. The van der Waals surface area contributed by atoms with Gasteiger partial charge in [0, 0.05) is 6.54 Å². The predicted octanol–water partition coefficient (Wildman–Crippen LogP) is 2.87. The van der Waals surface area contributed by atoms with Crippen LogP contribution in [0.4, 0.5) is 0 Å². The lowest BCUT2D eigenvalue weighted by Crippen LogP contribution is -2.07. The molecule has 2 heterocycles. The SMILES string of the molecule is CCCCCCCCCn1cnc2c(=O)nc[nH]c21. The van der Waals surface area contributed by atoms with Gasteiger partial charge in [0.05, 0.1) is 12.7 Å². The smallest absolute Gasteiger partial charge is 0.300 e.